The average molecular weight is 97.2 g/mol. The van der Waals surface area contributed by atoms with Gasteiger partial charge < -0.3 is 5.73 Å². The van der Waals surface area contributed by atoms with E-state index in [4.69, 9.17) is 5.73 Å². The Morgan fingerprint density at radius 3 is 2.86 bits per heavy atom. The number of nitrogens with two attached hydrogens (primary N) is 1. The molecule has 0 spiro atoms. The van der Waals surface area contributed by atoms with Gasteiger partial charge in [-0.25, -0.2) is 0 Å². The van der Waals surface area contributed by atoms with Crippen molar-refractivity contribution in [3.63, 3.8) is 0 Å². The van der Waals surface area contributed by atoms with E-state index in [1.807, 2.05) is 0 Å². The van der Waals surface area contributed by atoms with Gasteiger partial charge in [0, 0.05) is 0 Å². The normalized spacial score (nSPS) is 16.4. The van der Waals surface area contributed by atoms with Crippen molar-refractivity contribution in [3.8, 4) is 0 Å². The fourth-order valence-electron chi connectivity index (χ4n) is 0.605. The molecule has 1 heteroatoms. The highest BCUT2D eigenvalue weighted by Crippen LogP contribution is 2.22. The molecule has 0 heterocycles. The van der Waals surface area contributed by atoms with E-state index in [9.17, 15) is 0 Å². The first kappa shape index (κ1) is 4.85. The van der Waals surface area contributed by atoms with Gasteiger partial charge in [0.25, 0.3) is 0 Å². The van der Waals surface area contributed by atoms with Gasteiger partial charge in [-0.2, -0.15) is 0 Å². The van der Waals surface area contributed by atoms with Gasteiger partial charge in [-0.15, -0.1) is 0 Å². The molecule has 1 aliphatic carbocycles. The van der Waals surface area contributed by atoms with Crippen LogP contribution >= 0.6 is 0 Å². The topological polar surface area (TPSA) is 26.0 Å². The summed E-state index contributed by atoms with van der Waals surface area (Å²) in [6.45, 7) is 0.845. The maximum atomic E-state index is 5.28. The van der Waals surface area contributed by atoms with Crippen LogP contribution in [0.1, 0.15) is 19.3 Å². The summed E-state index contributed by atoms with van der Waals surface area (Å²) in [4.78, 5) is 0. The lowest BCUT2D eigenvalue weighted by molar-refractivity contribution is 0.837. The van der Waals surface area contributed by atoms with Crippen LogP contribution < -0.4 is 5.73 Å². The minimum atomic E-state index is 0.845. The van der Waals surface area contributed by atoms with E-state index in [2.05, 4.69) is 6.08 Å². The lowest BCUT2D eigenvalue weighted by Gasteiger charge is -1.86. The van der Waals surface area contributed by atoms with E-state index in [0.717, 1.165) is 6.54 Å². The molecule has 0 unspecified atom stereocenters. The lowest BCUT2D eigenvalue weighted by Crippen LogP contribution is -1.96. The Hall–Kier alpha value is -0.300. The minimum absolute atomic E-state index is 0.845. The Labute approximate surface area is 44.2 Å². The summed E-state index contributed by atoms with van der Waals surface area (Å²) < 4.78 is 0. The van der Waals surface area contributed by atoms with Gasteiger partial charge >= 0.3 is 0 Å². The van der Waals surface area contributed by atoms with Crippen LogP contribution in [0.15, 0.2) is 11.6 Å². The molecule has 40 valence electrons. The zero-order chi connectivity index (χ0) is 5.11. The molecule has 1 rings (SSSR count). The highest BCUT2D eigenvalue weighted by atomic mass is 14.5. The molecule has 0 bridgehead atoms. The van der Waals surface area contributed by atoms with Gasteiger partial charge in [-0.1, -0.05) is 11.6 Å². The molecule has 0 saturated carbocycles. The van der Waals surface area contributed by atoms with Gasteiger partial charge in [0.15, 0.2) is 0 Å². The molecule has 2 N–H and O–H groups in total. The first-order valence-electron chi connectivity index (χ1n) is 2.81. The number of allylic oxidation sites excluding steroid dienone is 2. The minimum Gasteiger partial charge on any atom is -0.330 e. The highest BCUT2D eigenvalue weighted by molar-refractivity contribution is 5.21. The quantitative estimate of drug-likeness (QED) is 0.523. The van der Waals surface area contributed by atoms with E-state index in [1.54, 1.807) is 5.57 Å². The van der Waals surface area contributed by atoms with Gasteiger partial charge in [0.1, 0.15) is 0 Å². The molecule has 7 heavy (non-hydrogen) atoms. The third-order valence-corrected chi connectivity index (χ3v) is 1.19. The highest BCUT2D eigenvalue weighted by Gasteiger charge is 2.03. The lowest BCUT2D eigenvalue weighted by atomic mass is 10.2. The zero-order valence-electron chi connectivity index (χ0n) is 4.48. The molecule has 0 saturated heterocycles. The van der Waals surface area contributed by atoms with Crippen molar-refractivity contribution >= 4 is 0 Å². The van der Waals surface area contributed by atoms with Crippen LogP contribution in [0.25, 0.3) is 0 Å². The molecular formula is C6H11N. The smallest absolute Gasteiger partial charge is 0.00742 e. The maximum Gasteiger partial charge on any atom is -0.00742 e. The maximum absolute atomic E-state index is 5.28. The van der Waals surface area contributed by atoms with Crippen molar-refractivity contribution in [2.24, 2.45) is 5.73 Å². The molecular weight excluding hydrogens is 86.1 g/mol. The average Bonchev–Trinajstić information content (AvgIpc) is 2.42. The molecule has 0 radical (unpaired) electrons. The first-order chi connectivity index (χ1) is 3.43. The Morgan fingerprint density at radius 2 is 2.43 bits per heavy atom. The van der Waals surface area contributed by atoms with E-state index >= 15 is 0 Å². The van der Waals surface area contributed by atoms with Gasteiger partial charge in [-0.05, 0) is 25.8 Å². The van der Waals surface area contributed by atoms with Crippen molar-refractivity contribution in [1.82, 2.24) is 0 Å². The van der Waals surface area contributed by atoms with Crippen LogP contribution in [0.5, 0.6) is 0 Å². The summed E-state index contributed by atoms with van der Waals surface area (Å²) in [5, 5.41) is 0. The monoisotopic (exact) mass is 97.1 g/mol. The second kappa shape index (κ2) is 2.12. The van der Waals surface area contributed by atoms with Crippen LogP contribution in [-0.2, 0) is 0 Å². The van der Waals surface area contributed by atoms with Crippen molar-refractivity contribution in [3.05, 3.63) is 11.6 Å². The van der Waals surface area contributed by atoms with Crippen LogP contribution in [-0.4, -0.2) is 6.54 Å². The second-order valence-corrected chi connectivity index (χ2v) is 1.96. The first-order valence-corrected chi connectivity index (χ1v) is 2.81. The van der Waals surface area contributed by atoms with Crippen LogP contribution in [0.2, 0.25) is 0 Å². The van der Waals surface area contributed by atoms with Crippen LogP contribution in [0.3, 0.4) is 0 Å². The molecule has 0 aromatic carbocycles. The summed E-state index contributed by atoms with van der Waals surface area (Å²) in [5.74, 6) is 0. The SMILES string of the molecule is NCCCC1=CC1. The molecule has 0 aliphatic heterocycles. The Bertz CT molecular complexity index is 84.2. The third kappa shape index (κ3) is 1.74. The predicted molar refractivity (Wildman–Crippen MR) is 31.0 cm³/mol. The van der Waals surface area contributed by atoms with Crippen molar-refractivity contribution in [1.29, 1.82) is 0 Å². The molecule has 0 fully saturated rings. The molecule has 0 atom stereocenters. The van der Waals surface area contributed by atoms with Gasteiger partial charge in [0.2, 0.25) is 0 Å². The standard InChI is InChI=1S/C6H11N/c7-5-1-2-6-3-4-6/h3H,1-2,4-5,7H2. The predicted octanol–water partition coefficient (Wildman–Crippen LogP) is 1.06. The fraction of sp³-hybridized carbons (Fsp3) is 0.667. The largest absolute Gasteiger partial charge is 0.330 e. The van der Waals surface area contributed by atoms with Gasteiger partial charge in [-0.3, -0.25) is 0 Å². The fourth-order valence-corrected chi connectivity index (χ4v) is 0.605. The van der Waals surface area contributed by atoms with E-state index in [1.165, 1.54) is 19.3 Å². The molecule has 0 aromatic rings. The Balaban J connectivity index is 1.89. The van der Waals surface area contributed by atoms with Crippen LogP contribution in [0.4, 0.5) is 0 Å². The Morgan fingerprint density at radius 1 is 1.71 bits per heavy atom. The summed E-state index contributed by atoms with van der Waals surface area (Å²) in [7, 11) is 0. The molecule has 1 nitrogen and oxygen atoms in total. The number of rotatable bonds is 3. The van der Waals surface area contributed by atoms with Crippen molar-refractivity contribution in [2.75, 3.05) is 6.54 Å². The van der Waals surface area contributed by atoms with Crippen LogP contribution in [0, 0.1) is 0 Å². The molecule has 0 aromatic heterocycles. The summed E-state index contributed by atoms with van der Waals surface area (Å²) in [6.07, 6.45) is 5.94. The molecule has 1 aliphatic rings. The number of hydrogen-bond donors (Lipinski definition) is 1. The second-order valence-electron chi connectivity index (χ2n) is 1.96. The van der Waals surface area contributed by atoms with Gasteiger partial charge in [0.05, 0.1) is 0 Å². The Kier molecular flexibility index (Phi) is 1.47. The zero-order valence-corrected chi connectivity index (χ0v) is 4.48. The third-order valence-electron chi connectivity index (χ3n) is 1.19. The summed E-state index contributed by atoms with van der Waals surface area (Å²) >= 11 is 0. The molecule has 0 amide bonds. The van der Waals surface area contributed by atoms with E-state index < -0.39 is 0 Å². The van der Waals surface area contributed by atoms with E-state index in [-0.39, 0.29) is 0 Å². The van der Waals surface area contributed by atoms with Crippen molar-refractivity contribution in [2.45, 2.75) is 19.3 Å². The number of hydrogen-bond acceptors (Lipinski definition) is 1. The van der Waals surface area contributed by atoms with E-state index in [0.29, 0.717) is 0 Å². The van der Waals surface area contributed by atoms with Crippen molar-refractivity contribution < 1.29 is 0 Å². The summed E-state index contributed by atoms with van der Waals surface area (Å²) in [6, 6.07) is 0. The summed E-state index contributed by atoms with van der Waals surface area (Å²) in [5.41, 5.74) is 6.88.